The van der Waals surface area contributed by atoms with Gasteiger partial charge < -0.3 is 14.5 Å². The van der Waals surface area contributed by atoms with Crippen molar-refractivity contribution < 1.29 is 18.7 Å². The summed E-state index contributed by atoms with van der Waals surface area (Å²) in [5.41, 5.74) is 3.48. The zero-order chi connectivity index (χ0) is 22.3. The van der Waals surface area contributed by atoms with Gasteiger partial charge in [0.05, 0.1) is 30.6 Å². The highest BCUT2D eigenvalue weighted by atomic mass is 35.5. The van der Waals surface area contributed by atoms with Gasteiger partial charge in [0.25, 0.3) is 5.91 Å². The van der Waals surface area contributed by atoms with Crippen LogP contribution in [-0.4, -0.2) is 35.6 Å². The van der Waals surface area contributed by atoms with E-state index in [1.807, 2.05) is 13.0 Å². The van der Waals surface area contributed by atoms with E-state index in [0.717, 1.165) is 22.4 Å². The highest BCUT2D eigenvalue weighted by molar-refractivity contribution is 6.34. The van der Waals surface area contributed by atoms with Crippen LogP contribution in [0.3, 0.4) is 0 Å². The summed E-state index contributed by atoms with van der Waals surface area (Å²) in [6, 6.07) is 10.5. The number of Topliss-reactive ketones (excluding diaryl/α,β-unsaturated/α-hetero) is 1. The summed E-state index contributed by atoms with van der Waals surface area (Å²) in [5.74, 6) is 0.658. The third kappa shape index (κ3) is 3.85. The van der Waals surface area contributed by atoms with Crippen molar-refractivity contribution in [1.82, 2.24) is 4.98 Å². The van der Waals surface area contributed by atoms with Gasteiger partial charge in [-0.3, -0.25) is 9.59 Å². The Bertz CT molecular complexity index is 1250. The SMILES string of the molecule is CC1(C(=O)Cc2cnc3c(c2)CC(c2cc(NC(=O)c4ccco4)ccc2Cl)=N3)COC1. The fraction of sp³-hybridized carbons (Fsp3) is 0.250. The van der Waals surface area contributed by atoms with Crippen LogP contribution in [-0.2, 0) is 22.4 Å². The number of carbonyl (C=O) groups excluding carboxylic acids is 2. The van der Waals surface area contributed by atoms with E-state index in [1.54, 1.807) is 36.5 Å². The van der Waals surface area contributed by atoms with Crippen LogP contribution in [0.4, 0.5) is 11.5 Å². The smallest absolute Gasteiger partial charge is 0.291 e. The van der Waals surface area contributed by atoms with Gasteiger partial charge in [-0.15, -0.1) is 0 Å². The molecular formula is C24H20ClN3O4. The third-order valence-electron chi connectivity index (χ3n) is 5.76. The first kappa shape index (κ1) is 20.6. The Morgan fingerprint density at radius 3 is 2.78 bits per heavy atom. The second-order valence-corrected chi connectivity index (χ2v) is 8.75. The van der Waals surface area contributed by atoms with Gasteiger partial charge in [-0.2, -0.15) is 0 Å². The highest BCUT2D eigenvalue weighted by Gasteiger charge is 2.40. The monoisotopic (exact) mass is 449 g/mol. The number of furan rings is 1. The number of ether oxygens (including phenoxy) is 1. The van der Waals surface area contributed by atoms with Crippen molar-refractivity contribution in [1.29, 1.82) is 0 Å². The lowest BCUT2D eigenvalue weighted by atomic mass is 9.81. The maximum absolute atomic E-state index is 12.6. The van der Waals surface area contributed by atoms with Crippen molar-refractivity contribution in [2.75, 3.05) is 18.5 Å². The molecule has 162 valence electrons. The van der Waals surface area contributed by atoms with Gasteiger partial charge in [0, 0.05) is 40.9 Å². The van der Waals surface area contributed by atoms with Crippen molar-refractivity contribution in [3.05, 3.63) is 76.3 Å². The molecule has 1 saturated heterocycles. The first-order valence-corrected chi connectivity index (χ1v) is 10.6. The summed E-state index contributed by atoms with van der Waals surface area (Å²) in [4.78, 5) is 33.9. The molecule has 8 heteroatoms. The Hall–Kier alpha value is -3.29. The second-order valence-electron chi connectivity index (χ2n) is 8.34. The van der Waals surface area contributed by atoms with Gasteiger partial charge in [-0.05, 0) is 48.9 Å². The topological polar surface area (TPSA) is 93.8 Å². The van der Waals surface area contributed by atoms with Crippen LogP contribution in [0.25, 0.3) is 0 Å². The molecule has 1 amide bonds. The number of pyridine rings is 1. The van der Waals surface area contributed by atoms with Gasteiger partial charge in [0.2, 0.25) is 0 Å². The maximum atomic E-state index is 12.6. The Kier molecular flexibility index (Phi) is 5.15. The fourth-order valence-corrected chi connectivity index (χ4v) is 4.00. The van der Waals surface area contributed by atoms with Gasteiger partial charge in [-0.1, -0.05) is 11.6 Å². The molecule has 5 rings (SSSR count). The van der Waals surface area contributed by atoms with E-state index < -0.39 is 5.41 Å². The predicted molar refractivity (Wildman–Crippen MR) is 120 cm³/mol. The standard InChI is InChI=1S/C24H20ClN3O4/c1-24(12-31-13-24)21(29)8-14-7-15-9-19(28-22(15)26-11-14)17-10-16(4-5-18(17)25)27-23(30)20-3-2-6-32-20/h2-7,10-11H,8-9,12-13H2,1H3,(H,27,30). The highest BCUT2D eigenvalue weighted by Crippen LogP contribution is 2.33. The van der Waals surface area contributed by atoms with Crippen molar-refractivity contribution >= 4 is 40.5 Å². The molecular weight excluding hydrogens is 430 g/mol. The number of nitrogens with zero attached hydrogens (tertiary/aromatic N) is 2. The lowest BCUT2D eigenvalue weighted by molar-refractivity contribution is -0.154. The molecule has 7 nitrogen and oxygen atoms in total. The van der Waals surface area contributed by atoms with Crippen LogP contribution >= 0.6 is 11.6 Å². The Morgan fingerprint density at radius 1 is 1.22 bits per heavy atom. The Labute approximate surface area is 189 Å². The normalized spacial score (nSPS) is 16.1. The van der Waals surface area contributed by atoms with Crippen molar-refractivity contribution in [3.63, 3.8) is 0 Å². The van der Waals surface area contributed by atoms with E-state index in [2.05, 4.69) is 15.3 Å². The minimum atomic E-state index is -0.394. The molecule has 2 aromatic heterocycles. The minimum absolute atomic E-state index is 0.160. The number of hydrogen-bond donors (Lipinski definition) is 1. The summed E-state index contributed by atoms with van der Waals surface area (Å²) in [6.07, 6.45) is 4.01. The average Bonchev–Trinajstić information content (AvgIpc) is 3.43. The first-order chi connectivity index (χ1) is 15.4. The molecule has 2 aliphatic heterocycles. The van der Waals surface area contributed by atoms with Crippen LogP contribution in [0.1, 0.15) is 34.2 Å². The van der Waals surface area contributed by atoms with Crippen molar-refractivity contribution in [2.45, 2.75) is 19.8 Å². The average molecular weight is 450 g/mol. The molecule has 0 radical (unpaired) electrons. The molecule has 0 spiro atoms. The van der Waals surface area contributed by atoms with Gasteiger partial charge in [0.1, 0.15) is 5.78 Å². The first-order valence-electron chi connectivity index (χ1n) is 10.2. The summed E-state index contributed by atoms with van der Waals surface area (Å²) in [7, 11) is 0. The number of halogens is 1. The molecule has 3 aromatic rings. The van der Waals surface area contributed by atoms with Crippen LogP contribution in [0, 0.1) is 5.41 Å². The van der Waals surface area contributed by atoms with Crippen LogP contribution in [0.15, 0.2) is 58.3 Å². The molecule has 0 saturated carbocycles. The molecule has 0 unspecified atom stereocenters. The number of rotatable bonds is 6. The largest absolute Gasteiger partial charge is 0.459 e. The zero-order valence-electron chi connectivity index (χ0n) is 17.4. The number of fused-ring (bicyclic) bond motifs is 1. The van der Waals surface area contributed by atoms with E-state index in [1.165, 1.54) is 6.26 Å². The van der Waals surface area contributed by atoms with Gasteiger partial charge in [-0.25, -0.2) is 9.98 Å². The number of benzene rings is 1. The Balaban J connectivity index is 1.33. The van der Waals surface area contributed by atoms with Gasteiger partial charge in [0.15, 0.2) is 11.6 Å². The minimum Gasteiger partial charge on any atom is -0.459 e. The predicted octanol–water partition coefficient (Wildman–Crippen LogP) is 4.41. The second kappa shape index (κ2) is 8.00. The van der Waals surface area contributed by atoms with E-state index in [4.69, 9.17) is 20.8 Å². The third-order valence-corrected chi connectivity index (χ3v) is 6.09. The maximum Gasteiger partial charge on any atom is 0.291 e. The summed E-state index contributed by atoms with van der Waals surface area (Å²) < 4.78 is 10.3. The van der Waals surface area contributed by atoms with Crippen LogP contribution < -0.4 is 5.32 Å². The fourth-order valence-electron chi connectivity index (χ4n) is 3.78. The van der Waals surface area contributed by atoms with E-state index in [0.29, 0.717) is 42.6 Å². The molecule has 4 heterocycles. The molecule has 2 aliphatic rings. The van der Waals surface area contributed by atoms with Crippen LogP contribution in [0.2, 0.25) is 5.02 Å². The van der Waals surface area contributed by atoms with Crippen molar-refractivity contribution in [2.24, 2.45) is 10.4 Å². The number of hydrogen-bond acceptors (Lipinski definition) is 6. The molecule has 1 fully saturated rings. The van der Waals surface area contributed by atoms with E-state index in [9.17, 15) is 9.59 Å². The number of amides is 1. The summed E-state index contributed by atoms with van der Waals surface area (Å²) in [6.45, 7) is 2.88. The molecule has 32 heavy (non-hydrogen) atoms. The lowest BCUT2D eigenvalue weighted by Gasteiger charge is -2.36. The number of anilines is 1. The zero-order valence-corrected chi connectivity index (χ0v) is 18.1. The molecule has 1 aromatic carbocycles. The van der Waals surface area contributed by atoms with Crippen LogP contribution in [0.5, 0.6) is 0 Å². The van der Waals surface area contributed by atoms with Gasteiger partial charge >= 0.3 is 0 Å². The number of ketones is 1. The summed E-state index contributed by atoms with van der Waals surface area (Å²) >= 11 is 6.44. The van der Waals surface area contributed by atoms with Crippen molar-refractivity contribution in [3.8, 4) is 0 Å². The summed E-state index contributed by atoms with van der Waals surface area (Å²) in [5, 5.41) is 3.33. The Morgan fingerprint density at radius 2 is 2.06 bits per heavy atom. The molecule has 1 N–H and O–H groups in total. The van der Waals surface area contributed by atoms with E-state index >= 15 is 0 Å². The molecule has 0 atom stereocenters. The number of carbonyl (C=O) groups is 2. The number of aliphatic imine (C=N–C) groups is 1. The molecule has 0 aliphatic carbocycles. The lowest BCUT2D eigenvalue weighted by Crippen LogP contribution is -2.47. The van der Waals surface area contributed by atoms with E-state index in [-0.39, 0.29) is 17.5 Å². The number of aromatic nitrogens is 1. The quantitative estimate of drug-likeness (QED) is 0.601. The number of nitrogens with one attached hydrogen (secondary N) is 1. The molecule has 0 bridgehead atoms.